The fourth-order valence-corrected chi connectivity index (χ4v) is 6.56. The molecule has 1 N–H and O–H groups in total. The van der Waals surface area contributed by atoms with Gasteiger partial charge >= 0.3 is 12.1 Å². The number of amides is 5. The molecule has 1 aromatic carbocycles. The van der Waals surface area contributed by atoms with Gasteiger partial charge in [0.1, 0.15) is 23.5 Å². The molecule has 1 unspecified atom stereocenters. The van der Waals surface area contributed by atoms with E-state index in [0.29, 0.717) is 16.0 Å². The Kier molecular flexibility index (Phi) is 12.6. The molecule has 0 bridgehead atoms. The molecule has 1 aromatic heterocycles. The summed E-state index contributed by atoms with van der Waals surface area (Å²) >= 11 is 0. The van der Waals surface area contributed by atoms with Crippen LogP contribution in [0.2, 0.25) is 0 Å². The Hall–Kier alpha value is -4.75. The Labute approximate surface area is 311 Å². The quantitative estimate of drug-likeness (QED) is 0.238. The summed E-state index contributed by atoms with van der Waals surface area (Å²) in [5.41, 5.74) is -1.49. The minimum atomic E-state index is -1.25. The number of nitrogens with zero attached hydrogens (tertiary/aromatic N) is 4. The predicted octanol–water partition coefficient (Wildman–Crippen LogP) is 5.40. The first-order chi connectivity index (χ1) is 24.2. The first-order valence-corrected chi connectivity index (χ1v) is 17.7. The molecule has 2 heterocycles. The molecule has 1 aliphatic heterocycles. The van der Waals surface area contributed by atoms with Crippen molar-refractivity contribution in [2.24, 2.45) is 18.4 Å². The summed E-state index contributed by atoms with van der Waals surface area (Å²) in [7, 11) is 4.82. The highest BCUT2D eigenvalue weighted by molar-refractivity contribution is 6.02. The van der Waals surface area contributed by atoms with Gasteiger partial charge in [-0.1, -0.05) is 54.5 Å². The van der Waals surface area contributed by atoms with Crippen molar-refractivity contribution in [2.45, 2.75) is 118 Å². The van der Waals surface area contributed by atoms with Crippen molar-refractivity contribution in [3.63, 3.8) is 0 Å². The number of benzene rings is 1. The van der Waals surface area contributed by atoms with Crippen molar-refractivity contribution in [1.82, 2.24) is 24.7 Å². The van der Waals surface area contributed by atoms with Crippen LogP contribution in [0.4, 0.5) is 9.18 Å². The lowest BCUT2D eigenvalue weighted by Gasteiger charge is -2.42. The summed E-state index contributed by atoms with van der Waals surface area (Å²) < 4.78 is 22.1. The maximum atomic E-state index is 14.7. The average Bonchev–Trinajstić information content (AvgIpc) is 3.53. The van der Waals surface area contributed by atoms with Crippen LogP contribution in [-0.4, -0.2) is 92.9 Å². The lowest BCUT2D eigenvalue weighted by atomic mass is 9.76. The molecule has 1 fully saturated rings. The number of carbonyl (C=O) groups is 6. The number of ether oxygens (including phenoxy) is 1. The van der Waals surface area contributed by atoms with Gasteiger partial charge in [-0.2, -0.15) is 0 Å². The van der Waals surface area contributed by atoms with Gasteiger partial charge in [0.05, 0.1) is 6.04 Å². The highest BCUT2D eigenvalue weighted by Crippen LogP contribution is 2.37. The first-order valence-electron chi connectivity index (χ1n) is 17.7. The average molecular weight is 742 g/mol. The zero-order valence-electron chi connectivity index (χ0n) is 33.5. The minimum absolute atomic E-state index is 0.0489. The molecule has 14 heteroatoms. The third-order valence-electron chi connectivity index (χ3n) is 9.45. The maximum absolute atomic E-state index is 14.7. The molecule has 0 radical (unpaired) electrons. The number of imide groups is 1. The van der Waals surface area contributed by atoms with E-state index in [1.165, 1.54) is 42.0 Å². The first kappa shape index (κ1) is 42.7. The van der Waals surface area contributed by atoms with Crippen molar-refractivity contribution >= 4 is 46.6 Å². The van der Waals surface area contributed by atoms with Crippen LogP contribution in [-0.2, 0) is 46.0 Å². The highest BCUT2D eigenvalue weighted by atomic mass is 19.1. The number of aryl methyl sites for hydroxylation is 1. The van der Waals surface area contributed by atoms with Gasteiger partial charge in [0.25, 0.3) is 11.8 Å². The van der Waals surface area contributed by atoms with Crippen LogP contribution >= 0.6 is 0 Å². The number of likely N-dealkylation sites (N-methyl/N-ethyl adjacent to an activating group) is 2. The van der Waals surface area contributed by atoms with E-state index in [9.17, 15) is 33.2 Å². The standard InChI is InChI=1S/C39H56FN5O8/c1-22(2)28(19-23(3)35(50)53-45-29(46)17-18-30(45)47)43(13)34(49)31(37(4,5)6)41-33(48)32(44(14)36(51)52-38(7,8)9)39(10,11)26-21-42(12)27-16-15-24(40)20-25(26)27/h15-16,19-22,28,31-32H,17-18H2,1-14H3,(H,41,48)/b23-19+/t28-,31?,32-/m1/s1. The number of hydrogen-bond acceptors (Lipinski definition) is 8. The van der Waals surface area contributed by atoms with Gasteiger partial charge in [-0.25, -0.2) is 14.0 Å². The molecule has 1 saturated heterocycles. The Morgan fingerprint density at radius 1 is 0.943 bits per heavy atom. The summed E-state index contributed by atoms with van der Waals surface area (Å²) in [5.74, 6) is -3.94. The monoisotopic (exact) mass is 741 g/mol. The molecule has 13 nitrogen and oxygen atoms in total. The molecule has 0 aliphatic carbocycles. The summed E-state index contributed by atoms with van der Waals surface area (Å²) in [5, 5.41) is 3.98. The smallest absolute Gasteiger partial charge is 0.410 e. The fourth-order valence-electron chi connectivity index (χ4n) is 6.56. The largest absolute Gasteiger partial charge is 0.444 e. The molecule has 292 valence electrons. The van der Waals surface area contributed by atoms with Gasteiger partial charge < -0.3 is 24.4 Å². The highest BCUT2D eigenvalue weighted by Gasteiger charge is 2.47. The van der Waals surface area contributed by atoms with E-state index in [0.717, 1.165) is 5.52 Å². The number of rotatable bonds is 11. The van der Waals surface area contributed by atoms with Crippen LogP contribution in [0.25, 0.3) is 10.9 Å². The van der Waals surface area contributed by atoms with Crippen molar-refractivity contribution in [1.29, 1.82) is 0 Å². The molecule has 0 saturated carbocycles. The summed E-state index contributed by atoms with van der Waals surface area (Å²) in [4.78, 5) is 87.4. The second kappa shape index (κ2) is 15.7. The van der Waals surface area contributed by atoms with Crippen molar-refractivity contribution in [3.8, 4) is 0 Å². The van der Waals surface area contributed by atoms with Gasteiger partial charge in [0, 0.05) is 62.1 Å². The topological polar surface area (TPSA) is 148 Å². The number of halogens is 1. The number of carbonyl (C=O) groups excluding carboxylic acids is 6. The van der Waals surface area contributed by atoms with Gasteiger partial charge in [0.2, 0.25) is 11.8 Å². The SMILES string of the molecule is C/C(=C\[C@H](C(C)C)N(C)C(=O)C(NC(=O)[C@@H](N(C)C(=O)OC(C)(C)C)C(C)(C)c1cn(C)c2ccc(F)cc12)C(C)(C)C)C(=O)ON1C(=O)CCC1=O. The summed E-state index contributed by atoms with van der Waals surface area (Å²) in [6, 6.07) is 1.34. The van der Waals surface area contributed by atoms with Crippen LogP contribution in [0.15, 0.2) is 36.0 Å². The van der Waals surface area contributed by atoms with E-state index >= 15 is 0 Å². The third kappa shape index (κ3) is 9.63. The van der Waals surface area contributed by atoms with Crippen molar-refractivity contribution in [2.75, 3.05) is 14.1 Å². The van der Waals surface area contributed by atoms with Gasteiger partial charge in [0.15, 0.2) is 0 Å². The van der Waals surface area contributed by atoms with E-state index in [1.54, 1.807) is 74.7 Å². The molecule has 53 heavy (non-hydrogen) atoms. The zero-order valence-corrected chi connectivity index (χ0v) is 33.5. The van der Waals surface area contributed by atoms with Crippen LogP contribution in [0.5, 0.6) is 0 Å². The normalized spacial score (nSPS) is 16.1. The minimum Gasteiger partial charge on any atom is -0.444 e. The Balaban J connectivity index is 2.04. The molecule has 3 atom stereocenters. The Bertz CT molecular complexity index is 1780. The number of aromatic nitrogens is 1. The summed E-state index contributed by atoms with van der Waals surface area (Å²) in [6.45, 7) is 19.2. The number of fused-ring (bicyclic) bond motifs is 1. The van der Waals surface area contributed by atoms with Crippen LogP contribution in [0.1, 0.15) is 94.6 Å². The summed E-state index contributed by atoms with van der Waals surface area (Å²) in [6.07, 6.45) is 2.46. The number of nitrogens with one attached hydrogen (secondary N) is 1. The molecule has 5 amide bonds. The fraction of sp³-hybridized carbons (Fsp3) is 0.590. The second-order valence-electron chi connectivity index (χ2n) is 16.8. The van der Waals surface area contributed by atoms with E-state index in [-0.39, 0.29) is 24.3 Å². The second-order valence-corrected chi connectivity index (χ2v) is 16.8. The number of hydrogen-bond donors (Lipinski definition) is 1. The van der Waals surface area contributed by atoms with Crippen LogP contribution < -0.4 is 5.32 Å². The van der Waals surface area contributed by atoms with Crippen LogP contribution in [0.3, 0.4) is 0 Å². The molecule has 1 aliphatic rings. The van der Waals surface area contributed by atoms with E-state index in [4.69, 9.17) is 9.57 Å². The molecule has 0 spiro atoms. The van der Waals surface area contributed by atoms with Gasteiger partial charge in [-0.3, -0.25) is 24.1 Å². The Morgan fingerprint density at radius 2 is 1.51 bits per heavy atom. The Morgan fingerprint density at radius 3 is 2.02 bits per heavy atom. The van der Waals surface area contributed by atoms with E-state index in [2.05, 4.69) is 5.32 Å². The molecule has 2 aromatic rings. The van der Waals surface area contributed by atoms with Gasteiger partial charge in [-0.15, -0.1) is 5.06 Å². The maximum Gasteiger partial charge on any atom is 0.410 e. The van der Waals surface area contributed by atoms with Gasteiger partial charge in [-0.05, 0) is 62.8 Å². The lowest BCUT2D eigenvalue weighted by Crippen LogP contribution is -2.63. The molecular formula is C39H56FN5O8. The third-order valence-corrected chi connectivity index (χ3v) is 9.45. The predicted molar refractivity (Wildman–Crippen MR) is 197 cm³/mol. The van der Waals surface area contributed by atoms with Crippen LogP contribution in [0, 0.1) is 17.2 Å². The zero-order chi connectivity index (χ0) is 40.5. The van der Waals surface area contributed by atoms with E-state index < -0.39 is 76.1 Å². The van der Waals surface area contributed by atoms with Crippen molar-refractivity contribution < 1.29 is 42.7 Å². The van der Waals surface area contributed by atoms with Crippen molar-refractivity contribution in [3.05, 3.63) is 47.4 Å². The number of hydroxylamine groups is 2. The van der Waals surface area contributed by atoms with E-state index in [1.807, 2.05) is 25.5 Å². The molecule has 3 rings (SSSR count). The lowest BCUT2D eigenvalue weighted by molar-refractivity contribution is -0.194. The molecular weight excluding hydrogens is 685 g/mol.